The maximum atomic E-state index is 11.7. The standard InChI is InChI=1S/C16H12N2O3/c17-15-14-10(2-1-3-11(14)16(19)18-15)6-9-4-5-12-13(7-9)21-8-20-12/h1-5,7H,6,8H2,(H2,17,18,19). The Balaban J connectivity index is 1.73. The van der Waals surface area contributed by atoms with Gasteiger partial charge in [-0.1, -0.05) is 18.2 Å². The highest BCUT2D eigenvalue weighted by Crippen LogP contribution is 2.33. The number of nitrogens with zero attached hydrogens (tertiary/aromatic N) is 1. The van der Waals surface area contributed by atoms with Crippen LogP contribution in [0.1, 0.15) is 27.0 Å². The lowest BCUT2D eigenvalue weighted by molar-refractivity contribution is 0.101. The number of hydrogen-bond donors (Lipinski definition) is 1. The number of rotatable bonds is 2. The molecule has 0 saturated carbocycles. The van der Waals surface area contributed by atoms with Crippen LogP contribution in [-0.4, -0.2) is 18.5 Å². The van der Waals surface area contributed by atoms with Gasteiger partial charge in [0.15, 0.2) is 11.5 Å². The minimum Gasteiger partial charge on any atom is -0.454 e. The molecule has 21 heavy (non-hydrogen) atoms. The molecule has 5 heteroatoms. The molecule has 0 aliphatic carbocycles. The third-order valence-corrected chi connectivity index (χ3v) is 3.69. The zero-order valence-corrected chi connectivity index (χ0v) is 11.1. The van der Waals surface area contributed by atoms with Gasteiger partial charge < -0.3 is 15.2 Å². The van der Waals surface area contributed by atoms with Gasteiger partial charge in [-0.15, -0.1) is 0 Å². The van der Waals surface area contributed by atoms with Gasteiger partial charge >= 0.3 is 0 Å². The van der Waals surface area contributed by atoms with E-state index >= 15 is 0 Å². The molecule has 0 saturated heterocycles. The normalized spacial score (nSPS) is 15.0. The van der Waals surface area contributed by atoms with Crippen LogP contribution in [0.3, 0.4) is 0 Å². The van der Waals surface area contributed by atoms with Crippen molar-refractivity contribution in [1.82, 2.24) is 0 Å². The average molecular weight is 280 g/mol. The van der Waals surface area contributed by atoms with E-state index in [0.717, 1.165) is 28.2 Å². The van der Waals surface area contributed by atoms with E-state index < -0.39 is 0 Å². The topological polar surface area (TPSA) is 73.9 Å². The molecule has 5 nitrogen and oxygen atoms in total. The number of aliphatic imine (C=N–C) groups is 1. The van der Waals surface area contributed by atoms with Crippen molar-refractivity contribution in [2.24, 2.45) is 10.7 Å². The van der Waals surface area contributed by atoms with Crippen LogP contribution in [0.25, 0.3) is 0 Å². The van der Waals surface area contributed by atoms with Gasteiger partial charge in [0.05, 0.1) is 5.56 Å². The van der Waals surface area contributed by atoms with Crippen LogP contribution in [0.5, 0.6) is 11.5 Å². The number of ether oxygens (including phenoxy) is 2. The third-order valence-electron chi connectivity index (χ3n) is 3.69. The summed E-state index contributed by atoms with van der Waals surface area (Å²) in [5, 5.41) is 0. The molecule has 0 atom stereocenters. The molecule has 2 N–H and O–H groups in total. The van der Waals surface area contributed by atoms with E-state index in [0.29, 0.717) is 17.8 Å². The van der Waals surface area contributed by atoms with E-state index in [1.165, 1.54) is 0 Å². The second-order valence-corrected chi connectivity index (χ2v) is 5.01. The first kappa shape index (κ1) is 12.0. The Morgan fingerprint density at radius 1 is 1.14 bits per heavy atom. The molecule has 1 amide bonds. The maximum Gasteiger partial charge on any atom is 0.279 e. The van der Waals surface area contributed by atoms with Crippen LogP contribution in [0, 0.1) is 0 Å². The number of amides is 1. The van der Waals surface area contributed by atoms with Crippen molar-refractivity contribution in [2.45, 2.75) is 6.42 Å². The second-order valence-electron chi connectivity index (χ2n) is 5.01. The summed E-state index contributed by atoms with van der Waals surface area (Å²) in [5.41, 5.74) is 9.24. The van der Waals surface area contributed by atoms with Crippen LogP contribution >= 0.6 is 0 Å². The maximum absolute atomic E-state index is 11.7. The Bertz CT molecular complexity index is 796. The predicted octanol–water partition coefficient (Wildman–Crippen LogP) is 1.87. The number of fused-ring (bicyclic) bond motifs is 2. The minimum atomic E-state index is -0.268. The van der Waals surface area contributed by atoms with E-state index in [1.807, 2.05) is 30.3 Å². The monoisotopic (exact) mass is 280 g/mol. The summed E-state index contributed by atoms with van der Waals surface area (Å²) in [6, 6.07) is 11.4. The fraction of sp³-hybridized carbons (Fsp3) is 0.125. The zero-order chi connectivity index (χ0) is 14.4. The molecule has 2 aromatic carbocycles. The van der Waals surface area contributed by atoms with E-state index in [1.54, 1.807) is 6.07 Å². The van der Waals surface area contributed by atoms with Gasteiger partial charge in [0.1, 0.15) is 5.84 Å². The quantitative estimate of drug-likeness (QED) is 0.911. The first-order chi connectivity index (χ1) is 10.2. The number of carbonyl (C=O) groups excluding carboxylic acids is 1. The lowest BCUT2D eigenvalue weighted by Crippen LogP contribution is -2.13. The zero-order valence-electron chi connectivity index (χ0n) is 11.1. The number of carbonyl (C=O) groups is 1. The first-order valence-corrected chi connectivity index (χ1v) is 6.61. The molecule has 2 heterocycles. The summed E-state index contributed by atoms with van der Waals surface area (Å²) in [6.45, 7) is 0.258. The highest BCUT2D eigenvalue weighted by Gasteiger charge is 2.24. The number of nitrogens with two attached hydrogens (primary N) is 1. The smallest absolute Gasteiger partial charge is 0.279 e. The summed E-state index contributed by atoms with van der Waals surface area (Å²) in [5.74, 6) is 1.53. The van der Waals surface area contributed by atoms with E-state index in [9.17, 15) is 4.79 Å². The number of amidine groups is 1. The van der Waals surface area contributed by atoms with E-state index in [4.69, 9.17) is 15.2 Å². The fourth-order valence-corrected chi connectivity index (χ4v) is 2.72. The number of benzene rings is 2. The third kappa shape index (κ3) is 1.86. The Morgan fingerprint density at radius 2 is 2.00 bits per heavy atom. The van der Waals surface area contributed by atoms with Gasteiger partial charge in [-0.05, 0) is 35.7 Å². The van der Waals surface area contributed by atoms with Crippen LogP contribution in [0.2, 0.25) is 0 Å². The Hall–Kier alpha value is -2.82. The van der Waals surface area contributed by atoms with Gasteiger partial charge in [-0.25, -0.2) is 0 Å². The molecule has 4 rings (SSSR count). The van der Waals surface area contributed by atoms with Crippen molar-refractivity contribution in [3.05, 3.63) is 58.7 Å². The molecule has 104 valence electrons. The molecule has 0 fully saturated rings. The molecule has 0 spiro atoms. The van der Waals surface area contributed by atoms with E-state index in [2.05, 4.69) is 4.99 Å². The van der Waals surface area contributed by atoms with Gasteiger partial charge in [-0.3, -0.25) is 4.79 Å². The summed E-state index contributed by atoms with van der Waals surface area (Å²) in [7, 11) is 0. The molecule has 2 aliphatic heterocycles. The van der Waals surface area contributed by atoms with Crippen molar-refractivity contribution in [3.63, 3.8) is 0 Å². The molecule has 0 radical (unpaired) electrons. The molecule has 0 bridgehead atoms. The number of hydrogen-bond acceptors (Lipinski definition) is 4. The SMILES string of the molecule is NC1=NC(=O)c2cccc(Cc3ccc4c(c3)OCO4)c21. The molecule has 2 aliphatic rings. The molecule has 2 aromatic rings. The van der Waals surface area contributed by atoms with Crippen LogP contribution in [-0.2, 0) is 6.42 Å². The van der Waals surface area contributed by atoms with Crippen molar-refractivity contribution < 1.29 is 14.3 Å². The van der Waals surface area contributed by atoms with Gasteiger partial charge in [0.2, 0.25) is 6.79 Å². The largest absolute Gasteiger partial charge is 0.454 e. The summed E-state index contributed by atoms with van der Waals surface area (Å²) in [6.07, 6.45) is 0.656. The van der Waals surface area contributed by atoms with Crippen molar-refractivity contribution in [1.29, 1.82) is 0 Å². The molecular weight excluding hydrogens is 268 g/mol. The second kappa shape index (κ2) is 4.34. The molecule has 0 aromatic heterocycles. The Kier molecular flexibility index (Phi) is 2.47. The predicted molar refractivity (Wildman–Crippen MR) is 76.9 cm³/mol. The van der Waals surface area contributed by atoms with E-state index in [-0.39, 0.29) is 12.7 Å². The fourth-order valence-electron chi connectivity index (χ4n) is 2.72. The Labute approximate surface area is 121 Å². The summed E-state index contributed by atoms with van der Waals surface area (Å²) < 4.78 is 10.7. The lowest BCUT2D eigenvalue weighted by Gasteiger charge is -2.08. The summed E-state index contributed by atoms with van der Waals surface area (Å²) >= 11 is 0. The minimum absolute atomic E-state index is 0.258. The van der Waals surface area contributed by atoms with Crippen LogP contribution in [0.15, 0.2) is 41.4 Å². The van der Waals surface area contributed by atoms with Crippen LogP contribution < -0.4 is 15.2 Å². The van der Waals surface area contributed by atoms with Crippen LogP contribution in [0.4, 0.5) is 0 Å². The highest BCUT2D eigenvalue weighted by atomic mass is 16.7. The Morgan fingerprint density at radius 3 is 2.90 bits per heavy atom. The van der Waals surface area contributed by atoms with Gasteiger partial charge in [0, 0.05) is 5.56 Å². The first-order valence-electron chi connectivity index (χ1n) is 6.61. The van der Waals surface area contributed by atoms with Crippen molar-refractivity contribution >= 4 is 11.7 Å². The van der Waals surface area contributed by atoms with Crippen molar-refractivity contribution in [3.8, 4) is 11.5 Å². The molecular formula is C16H12N2O3. The molecule has 0 unspecified atom stereocenters. The lowest BCUT2D eigenvalue weighted by atomic mass is 9.96. The van der Waals surface area contributed by atoms with Crippen molar-refractivity contribution in [2.75, 3.05) is 6.79 Å². The highest BCUT2D eigenvalue weighted by molar-refractivity contribution is 6.20. The summed E-state index contributed by atoms with van der Waals surface area (Å²) in [4.78, 5) is 15.6. The average Bonchev–Trinajstić information content (AvgIpc) is 3.04. The van der Waals surface area contributed by atoms with Gasteiger partial charge in [0.25, 0.3) is 5.91 Å². The van der Waals surface area contributed by atoms with Gasteiger partial charge in [-0.2, -0.15) is 4.99 Å².